The number of nitrogens with zero attached hydrogens (tertiary/aromatic N) is 3. The van der Waals surface area contributed by atoms with Crippen LogP contribution < -0.4 is 5.56 Å². The highest BCUT2D eigenvalue weighted by atomic mass is 16.2. The average Bonchev–Trinajstić information content (AvgIpc) is 2.73. The predicted octanol–water partition coefficient (Wildman–Crippen LogP) is 3.20. The Morgan fingerprint density at radius 3 is 2.76 bits per heavy atom. The van der Waals surface area contributed by atoms with Crippen molar-refractivity contribution in [3.63, 3.8) is 0 Å². The Kier molecular flexibility index (Phi) is 7.26. The molecule has 0 saturated carbocycles. The molecule has 1 aliphatic rings. The number of benzene rings is 1. The fourth-order valence-corrected chi connectivity index (χ4v) is 4.27. The van der Waals surface area contributed by atoms with Crippen LogP contribution in [0, 0.1) is 12.8 Å². The van der Waals surface area contributed by atoms with Crippen LogP contribution in [-0.4, -0.2) is 53.5 Å². The summed E-state index contributed by atoms with van der Waals surface area (Å²) in [6.45, 7) is 8.67. The van der Waals surface area contributed by atoms with Crippen LogP contribution in [-0.2, 0) is 13.0 Å². The molecule has 1 amide bonds. The number of likely N-dealkylation sites (tertiary alicyclic amines) is 1. The lowest BCUT2D eigenvalue weighted by Crippen LogP contribution is -2.42. The first-order valence-corrected chi connectivity index (χ1v) is 10.7. The van der Waals surface area contributed by atoms with Crippen molar-refractivity contribution < 1.29 is 4.79 Å². The summed E-state index contributed by atoms with van der Waals surface area (Å²) >= 11 is 0. The first-order valence-electron chi connectivity index (χ1n) is 10.7. The molecule has 2 aromatic rings. The van der Waals surface area contributed by atoms with Crippen LogP contribution in [0.25, 0.3) is 0 Å². The van der Waals surface area contributed by atoms with Crippen LogP contribution in [0.1, 0.15) is 41.3 Å². The summed E-state index contributed by atoms with van der Waals surface area (Å²) < 4.78 is 1.60. The van der Waals surface area contributed by atoms with Gasteiger partial charge in [-0.2, -0.15) is 0 Å². The Morgan fingerprint density at radius 2 is 2.03 bits per heavy atom. The molecule has 1 saturated heterocycles. The number of hydrogen-bond acceptors (Lipinski definition) is 3. The molecular formula is C24H33N3O2. The highest BCUT2D eigenvalue weighted by Gasteiger charge is 2.23. The molecule has 0 aliphatic carbocycles. The molecular weight excluding hydrogens is 362 g/mol. The average molecular weight is 396 g/mol. The normalized spacial score (nSPS) is 17.3. The third-order valence-electron chi connectivity index (χ3n) is 6.02. The van der Waals surface area contributed by atoms with Gasteiger partial charge in [0.25, 0.3) is 11.5 Å². The molecule has 0 N–H and O–H groups in total. The van der Waals surface area contributed by atoms with Gasteiger partial charge in [0.2, 0.25) is 0 Å². The van der Waals surface area contributed by atoms with Crippen molar-refractivity contribution in [2.24, 2.45) is 5.92 Å². The third-order valence-corrected chi connectivity index (χ3v) is 6.02. The summed E-state index contributed by atoms with van der Waals surface area (Å²) in [5.74, 6) is 0.410. The van der Waals surface area contributed by atoms with E-state index in [4.69, 9.17) is 0 Å². The van der Waals surface area contributed by atoms with Gasteiger partial charge in [-0.25, -0.2) is 0 Å². The maximum atomic E-state index is 12.8. The molecule has 1 aliphatic heterocycles. The van der Waals surface area contributed by atoms with Gasteiger partial charge < -0.3 is 14.4 Å². The number of carbonyl (C=O) groups is 1. The number of rotatable bonds is 7. The van der Waals surface area contributed by atoms with Crippen molar-refractivity contribution >= 4 is 5.91 Å². The lowest BCUT2D eigenvalue weighted by Gasteiger charge is -2.35. The standard InChI is InChI=1S/C24H33N3O2/c1-4-27-15-12-22(16-23(27)28)24(29)25(3)17-20-9-7-13-26(18-20)14-11-21-10-6-5-8-19(21)2/h5-6,8,10,12,15-16,20H,4,7,9,11,13-14,17-18H2,1-3H3/t20-/m1/s1. The summed E-state index contributed by atoms with van der Waals surface area (Å²) in [5.41, 5.74) is 3.14. The van der Waals surface area contributed by atoms with E-state index in [-0.39, 0.29) is 11.5 Å². The number of amides is 1. The van der Waals surface area contributed by atoms with Gasteiger partial charge in [-0.05, 0) is 62.8 Å². The Labute approximate surface area is 173 Å². The summed E-state index contributed by atoms with van der Waals surface area (Å²) in [6.07, 6.45) is 5.10. The summed E-state index contributed by atoms with van der Waals surface area (Å²) in [6, 6.07) is 11.8. The van der Waals surface area contributed by atoms with E-state index < -0.39 is 0 Å². The van der Waals surface area contributed by atoms with Gasteiger partial charge in [-0.15, -0.1) is 0 Å². The Morgan fingerprint density at radius 1 is 1.24 bits per heavy atom. The minimum atomic E-state index is -0.119. The lowest BCUT2D eigenvalue weighted by atomic mass is 9.96. The number of aryl methyl sites for hydroxylation is 2. The Bertz CT molecular complexity index is 890. The van der Waals surface area contributed by atoms with E-state index in [1.165, 1.54) is 23.6 Å². The van der Waals surface area contributed by atoms with Crippen LogP contribution >= 0.6 is 0 Å². The molecule has 0 bridgehead atoms. The van der Waals surface area contributed by atoms with Crippen molar-refractivity contribution in [1.82, 2.24) is 14.4 Å². The van der Waals surface area contributed by atoms with Gasteiger partial charge in [-0.1, -0.05) is 24.3 Å². The number of hydrogen-bond donors (Lipinski definition) is 0. The molecule has 29 heavy (non-hydrogen) atoms. The van der Waals surface area contributed by atoms with E-state index in [0.717, 1.165) is 39.0 Å². The minimum absolute atomic E-state index is 0.0672. The first kappa shape index (κ1) is 21.3. The van der Waals surface area contributed by atoms with E-state index in [0.29, 0.717) is 18.0 Å². The van der Waals surface area contributed by atoms with Gasteiger partial charge in [0, 0.05) is 51.1 Å². The molecule has 5 nitrogen and oxygen atoms in total. The molecule has 5 heteroatoms. The quantitative estimate of drug-likeness (QED) is 0.723. The minimum Gasteiger partial charge on any atom is -0.341 e. The van der Waals surface area contributed by atoms with E-state index in [2.05, 4.69) is 36.1 Å². The number of aromatic nitrogens is 1. The monoisotopic (exact) mass is 395 g/mol. The third kappa shape index (κ3) is 5.57. The molecule has 156 valence electrons. The molecule has 0 unspecified atom stereocenters. The Hall–Kier alpha value is -2.40. The largest absolute Gasteiger partial charge is 0.341 e. The van der Waals surface area contributed by atoms with Gasteiger partial charge in [-0.3, -0.25) is 9.59 Å². The molecule has 2 heterocycles. The maximum Gasteiger partial charge on any atom is 0.253 e. The van der Waals surface area contributed by atoms with Crippen molar-refractivity contribution in [2.45, 2.75) is 39.7 Å². The van der Waals surface area contributed by atoms with Gasteiger partial charge in [0.1, 0.15) is 0 Å². The van der Waals surface area contributed by atoms with Crippen LogP contribution in [0.15, 0.2) is 47.4 Å². The summed E-state index contributed by atoms with van der Waals surface area (Å²) in [7, 11) is 1.85. The number of carbonyl (C=O) groups excluding carboxylic acids is 1. The van der Waals surface area contributed by atoms with Gasteiger partial charge in [0.15, 0.2) is 0 Å². The highest BCUT2D eigenvalue weighted by Crippen LogP contribution is 2.19. The van der Waals surface area contributed by atoms with Crippen molar-refractivity contribution in [2.75, 3.05) is 33.2 Å². The maximum absolute atomic E-state index is 12.8. The topological polar surface area (TPSA) is 45.6 Å². The van der Waals surface area contributed by atoms with Crippen LogP contribution in [0.2, 0.25) is 0 Å². The van der Waals surface area contributed by atoms with E-state index in [1.54, 1.807) is 21.7 Å². The molecule has 0 radical (unpaired) electrons. The number of pyridine rings is 1. The highest BCUT2D eigenvalue weighted by molar-refractivity contribution is 5.93. The van der Waals surface area contributed by atoms with Gasteiger partial charge >= 0.3 is 0 Å². The molecule has 1 aromatic heterocycles. The molecule has 0 spiro atoms. The van der Waals surface area contributed by atoms with E-state index >= 15 is 0 Å². The smallest absolute Gasteiger partial charge is 0.253 e. The predicted molar refractivity (Wildman–Crippen MR) is 117 cm³/mol. The summed E-state index contributed by atoms with van der Waals surface area (Å²) in [4.78, 5) is 29.1. The Balaban J connectivity index is 1.54. The second-order valence-electron chi connectivity index (χ2n) is 8.21. The van der Waals surface area contributed by atoms with Crippen molar-refractivity contribution in [1.29, 1.82) is 0 Å². The fraction of sp³-hybridized carbons (Fsp3) is 0.500. The van der Waals surface area contributed by atoms with E-state index in [9.17, 15) is 9.59 Å². The second kappa shape index (κ2) is 9.88. The lowest BCUT2D eigenvalue weighted by molar-refractivity contribution is 0.0730. The van der Waals surface area contributed by atoms with Crippen molar-refractivity contribution in [3.8, 4) is 0 Å². The van der Waals surface area contributed by atoms with Crippen LogP contribution in [0.5, 0.6) is 0 Å². The van der Waals surface area contributed by atoms with Crippen molar-refractivity contribution in [3.05, 3.63) is 69.6 Å². The zero-order valence-corrected chi connectivity index (χ0v) is 17.9. The zero-order chi connectivity index (χ0) is 20.8. The first-order chi connectivity index (χ1) is 14.0. The number of piperidine rings is 1. The molecule has 1 aromatic carbocycles. The SMILES string of the molecule is CCn1ccc(C(=O)N(C)C[C@H]2CCCN(CCc3ccccc3C)C2)cc1=O. The molecule has 1 atom stereocenters. The molecule has 1 fully saturated rings. The van der Waals surface area contributed by atoms with Gasteiger partial charge in [0.05, 0.1) is 0 Å². The summed E-state index contributed by atoms with van der Waals surface area (Å²) in [5, 5.41) is 0. The van der Waals surface area contributed by atoms with Crippen LogP contribution in [0.4, 0.5) is 0 Å². The molecule has 3 rings (SSSR count). The fourth-order valence-electron chi connectivity index (χ4n) is 4.27. The second-order valence-corrected chi connectivity index (χ2v) is 8.21. The van der Waals surface area contributed by atoms with E-state index in [1.807, 2.05) is 14.0 Å². The zero-order valence-electron chi connectivity index (χ0n) is 17.9. The van der Waals surface area contributed by atoms with Crippen LogP contribution in [0.3, 0.4) is 0 Å².